The van der Waals surface area contributed by atoms with Crippen LogP contribution in [-0.4, -0.2) is 71.3 Å². The minimum absolute atomic E-state index is 0.0602. The number of carbonyl (C=O) groups excluding carboxylic acids is 1. The lowest BCUT2D eigenvalue weighted by Crippen LogP contribution is -2.50. The van der Waals surface area contributed by atoms with Crippen molar-refractivity contribution in [3.8, 4) is 0 Å². The van der Waals surface area contributed by atoms with Gasteiger partial charge in [-0.1, -0.05) is 12.1 Å². The average molecular weight is 415 g/mol. The van der Waals surface area contributed by atoms with E-state index < -0.39 is 0 Å². The summed E-state index contributed by atoms with van der Waals surface area (Å²) in [6, 6.07) is 15.2. The van der Waals surface area contributed by atoms with Crippen molar-refractivity contribution in [2.24, 2.45) is 0 Å². The number of hydrogen-bond donors (Lipinski definition) is 1. The number of anilines is 2. The van der Waals surface area contributed by atoms with Crippen molar-refractivity contribution in [1.82, 2.24) is 10.2 Å². The molecule has 6 nitrogen and oxygen atoms in total. The lowest BCUT2D eigenvalue weighted by Gasteiger charge is -2.40. The lowest BCUT2D eigenvalue weighted by molar-refractivity contribution is -0.125. The zero-order chi connectivity index (χ0) is 21.5. The molecule has 1 aliphatic heterocycles. The van der Waals surface area contributed by atoms with Crippen LogP contribution in [0.25, 0.3) is 0 Å². The van der Waals surface area contributed by atoms with E-state index in [1.807, 2.05) is 26.2 Å². The van der Waals surface area contributed by atoms with Crippen LogP contribution in [0.5, 0.6) is 0 Å². The second kappa shape index (κ2) is 10.4. The largest absolute Gasteiger partial charge is 0.378 e. The highest BCUT2D eigenvalue weighted by Crippen LogP contribution is 2.26. The van der Waals surface area contributed by atoms with Crippen molar-refractivity contribution in [1.29, 1.82) is 0 Å². The highest BCUT2D eigenvalue weighted by Gasteiger charge is 2.26. The van der Waals surface area contributed by atoms with Crippen molar-refractivity contribution < 1.29 is 13.9 Å². The highest BCUT2D eigenvalue weighted by atomic mass is 19.1. The van der Waals surface area contributed by atoms with Crippen LogP contribution < -0.4 is 15.1 Å². The van der Waals surface area contributed by atoms with Crippen molar-refractivity contribution in [3.63, 3.8) is 0 Å². The molecule has 0 aromatic heterocycles. The molecule has 162 valence electrons. The van der Waals surface area contributed by atoms with E-state index in [0.29, 0.717) is 6.54 Å². The maximum absolute atomic E-state index is 13.2. The Labute approximate surface area is 178 Å². The second-order valence-electron chi connectivity index (χ2n) is 7.74. The molecule has 2 aromatic carbocycles. The standard InChI is InChI=1S/C23H31FN4O2/c1-26(2)20-8-4-18(5-9-20)22(16-25-23(29)17-30-3)28-14-12-27(13-15-28)21-10-6-19(24)7-11-21/h4-11,22H,12-17H2,1-3H3,(H,25,29)/t22-/m1/s1. The number of ether oxygens (including phenoxy) is 1. The van der Waals surface area contributed by atoms with Crippen LogP contribution in [0.3, 0.4) is 0 Å². The molecule has 0 saturated carbocycles. The highest BCUT2D eigenvalue weighted by molar-refractivity contribution is 5.77. The molecule has 3 rings (SSSR count). The Morgan fingerprint density at radius 1 is 1.07 bits per heavy atom. The minimum Gasteiger partial charge on any atom is -0.378 e. The average Bonchev–Trinajstić information content (AvgIpc) is 2.75. The van der Waals surface area contributed by atoms with Gasteiger partial charge in [0.1, 0.15) is 12.4 Å². The van der Waals surface area contributed by atoms with E-state index in [-0.39, 0.29) is 24.4 Å². The summed E-state index contributed by atoms with van der Waals surface area (Å²) in [4.78, 5) is 18.7. The second-order valence-corrected chi connectivity index (χ2v) is 7.74. The van der Waals surface area contributed by atoms with E-state index in [1.54, 1.807) is 0 Å². The smallest absolute Gasteiger partial charge is 0.246 e. The first-order valence-corrected chi connectivity index (χ1v) is 10.3. The minimum atomic E-state index is -0.217. The first kappa shape index (κ1) is 22.1. The van der Waals surface area contributed by atoms with Gasteiger partial charge in [-0.2, -0.15) is 0 Å². The number of hydrogen-bond acceptors (Lipinski definition) is 5. The summed E-state index contributed by atoms with van der Waals surface area (Å²) in [6.07, 6.45) is 0. The van der Waals surface area contributed by atoms with Gasteiger partial charge in [-0.05, 0) is 42.0 Å². The number of benzene rings is 2. The van der Waals surface area contributed by atoms with Crippen LogP contribution in [0.2, 0.25) is 0 Å². The third-order valence-corrected chi connectivity index (χ3v) is 5.51. The monoisotopic (exact) mass is 414 g/mol. The zero-order valence-electron chi connectivity index (χ0n) is 18.0. The first-order valence-electron chi connectivity index (χ1n) is 10.3. The number of carbonyl (C=O) groups is 1. The summed E-state index contributed by atoms with van der Waals surface area (Å²) in [5, 5.41) is 2.99. The summed E-state index contributed by atoms with van der Waals surface area (Å²) >= 11 is 0. The molecule has 0 spiro atoms. The molecule has 2 aromatic rings. The van der Waals surface area contributed by atoms with Gasteiger partial charge in [-0.25, -0.2) is 4.39 Å². The van der Waals surface area contributed by atoms with E-state index in [0.717, 1.165) is 37.6 Å². The molecule has 1 fully saturated rings. The van der Waals surface area contributed by atoms with Crippen molar-refractivity contribution in [2.75, 3.05) is 70.3 Å². The molecule has 0 radical (unpaired) electrons. The van der Waals surface area contributed by atoms with Crippen LogP contribution in [-0.2, 0) is 9.53 Å². The van der Waals surface area contributed by atoms with Gasteiger partial charge in [0.2, 0.25) is 5.91 Å². The molecular weight excluding hydrogens is 383 g/mol. The summed E-state index contributed by atoms with van der Waals surface area (Å²) in [5.74, 6) is -0.331. The van der Waals surface area contributed by atoms with Gasteiger partial charge in [0.25, 0.3) is 0 Å². The van der Waals surface area contributed by atoms with Crippen LogP contribution >= 0.6 is 0 Å². The van der Waals surface area contributed by atoms with E-state index in [2.05, 4.69) is 44.3 Å². The maximum Gasteiger partial charge on any atom is 0.246 e. The summed E-state index contributed by atoms with van der Waals surface area (Å²) in [5.41, 5.74) is 3.35. The Bertz CT molecular complexity index is 803. The van der Waals surface area contributed by atoms with Gasteiger partial charge in [0, 0.05) is 65.3 Å². The summed E-state index contributed by atoms with van der Waals surface area (Å²) < 4.78 is 18.2. The lowest BCUT2D eigenvalue weighted by atomic mass is 10.0. The van der Waals surface area contributed by atoms with E-state index in [9.17, 15) is 9.18 Å². The molecule has 1 atom stereocenters. The molecule has 1 N–H and O–H groups in total. The van der Waals surface area contributed by atoms with Crippen molar-refractivity contribution in [3.05, 3.63) is 59.9 Å². The molecule has 0 bridgehead atoms. The van der Waals surface area contributed by atoms with Gasteiger partial charge in [0.05, 0.1) is 6.04 Å². The molecule has 0 aliphatic carbocycles. The Kier molecular flexibility index (Phi) is 7.65. The number of nitrogens with one attached hydrogen (secondary N) is 1. The molecule has 1 saturated heterocycles. The zero-order valence-corrected chi connectivity index (χ0v) is 18.0. The molecular formula is C23H31FN4O2. The number of rotatable bonds is 8. The van der Waals surface area contributed by atoms with E-state index in [1.165, 1.54) is 24.8 Å². The SMILES string of the molecule is COCC(=O)NC[C@H](c1ccc(N(C)C)cc1)N1CCN(c2ccc(F)cc2)CC1. The maximum atomic E-state index is 13.2. The molecule has 0 unspecified atom stereocenters. The van der Waals surface area contributed by atoms with Gasteiger partial charge in [-0.3, -0.25) is 9.69 Å². The normalized spacial score (nSPS) is 15.7. The van der Waals surface area contributed by atoms with Crippen LogP contribution in [0.4, 0.5) is 15.8 Å². The molecule has 1 heterocycles. The number of amides is 1. The topological polar surface area (TPSA) is 48.1 Å². The fourth-order valence-electron chi connectivity index (χ4n) is 3.79. The van der Waals surface area contributed by atoms with Gasteiger partial charge >= 0.3 is 0 Å². The summed E-state index contributed by atoms with van der Waals surface area (Å²) in [7, 11) is 5.56. The Hall–Kier alpha value is -2.64. The first-order chi connectivity index (χ1) is 14.5. The molecule has 1 aliphatic rings. The third-order valence-electron chi connectivity index (χ3n) is 5.51. The number of methoxy groups -OCH3 is 1. The number of piperazine rings is 1. The predicted octanol–water partition coefficient (Wildman–Crippen LogP) is 2.52. The number of nitrogens with zero attached hydrogens (tertiary/aromatic N) is 3. The third kappa shape index (κ3) is 5.70. The fraction of sp³-hybridized carbons (Fsp3) is 0.435. The van der Waals surface area contributed by atoms with Crippen molar-refractivity contribution in [2.45, 2.75) is 6.04 Å². The predicted molar refractivity (Wildman–Crippen MR) is 119 cm³/mol. The Morgan fingerprint density at radius 3 is 2.27 bits per heavy atom. The quantitative estimate of drug-likeness (QED) is 0.719. The van der Waals surface area contributed by atoms with Crippen molar-refractivity contribution >= 4 is 17.3 Å². The van der Waals surface area contributed by atoms with Crippen LogP contribution in [0.1, 0.15) is 11.6 Å². The van der Waals surface area contributed by atoms with Gasteiger partial charge < -0.3 is 19.9 Å². The molecule has 7 heteroatoms. The number of halogens is 1. The van der Waals surface area contributed by atoms with E-state index in [4.69, 9.17) is 4.74 Å². The van der Waals surface area contributed by atoms with Crippen LogP contribution in [0.15, 0.2) is 48.5 Å². The molecule has 1 amide bonds. The van der Waals surface area contributed by atoms with Gasteiger partial charge in [0.15, 0.2) is 0 Å². The van der Waals surface area contributed by atoms with Gasteiger partial charge in [-0.15, -0.1) is 0 Å². The Balaban J connectivity index is 1.70. The Morgan fingerprint density at radius 2 is 1.70 bits per heavy atom. The molecule has 30 heavy (non-hydrogen) atoms. The van der Waals surface area contributed by atoms with E-state index >= 15 is 0 Å². The fourth-order valence-corrected chi connectivity index (χ4v) is 3.79. The summed E-state index contributed by atoms with van der Waals surface area (Å²) in [6.45, 7) is 4.01. The van der Waals surface area contributed by atoms with Crippen LogP contribution in [0, 0.1) is 5.82 Å².